The van der Waals surface area contributed by atoms with E-state index in [-0.39, 0.29) is 5.91 Å². The lowest BCUT2D eigenvalue weighted by Crippen LogP contribution is -2.48. The maximum Gasteiger partial charge on any atom is 0.219 e. The molecule has 0 radical (unpaired) electrons. The first-order valence-electron chi connectivity index (χ1n) is 8.20. The first-order chi connectivity index (χ1) is 11.6. The Bertz CT molecular complexity index is 695. The van der Waals surface area contributed by atoms with Gasteiger partial charge in [-0.15, -0.1) is 0 Å². The van der Waals surface area contributed by atoms with E-state index >= 15 is 0 Å². The third-order valence-electron chi connectivity index (χ3n) is 4.32. The summed E-state index contributed by atoms with van der Waals surface area (Å²) in [7, 11) is 0. The van der Waals surface area contributed by atoms with Gasteiger partial charge in [0.25, 0.3) is 0 Å². The minimum absolute atomic E-state index is 0.138. The zero-order chi connectivity index (χ0) is 16.9. The van der Waals surface area contributed by atoms with Gasteiger partial charge < -0.3 is 20.3 Å². The average Bonchev–Trinajstić information content (AvgIpc) is 2.62. The molecule has 1 aliphatic heterocycles. The predicted molar refractivity (Wildman–Crippen MR) is 96.1 cm³/mol. The van der Waals surface area contributed by atoms with Crippen LogP contribution in [0.15, 0.2) is 48.5 Å². The molecule has 0 atom stereocenters. The summed E-state index contributed by atoms with van der Waals surface area (Å²) in [6, 6.07) is 15.9. The van der Waals surface area contributed by atoms with Crippen LogP contribution in [-0.4, -0.2) is 37.0 Å². The summed E-state index contributed by atoms with van der Waals surface area (Å²) in [5.41, 5.74) is 8.87. The van der Waals surface area contributed by atoms with Crippen molar-refractivity contribution in [1.82, 2.24) is 4.90 Å². The zero-order valence-electron chi connectivity index (χ0n) is 13.9. The van der Waals surface area contributed by atoms with Crippen LogP contribution in [0, 0.1) is 0 Å². The summed E-state index contributed by atoms with van der Waals surface area (Å²) in [6.45, 7) is 5.25. The van der Waals surface area contributed by atoms with E-state index in [2.05, 4.69) is 4.90 Å². The lowest BCUT2D eigenvalue weighted by Gasteiger charge is -2.35. The number of nitrogen functional groups attached to an aromatic ring is 1. The zero-order valence-corrected chi connectivity index (χ0v) is 13.9. The second-order valence-corrected chi connectivity index (χ2v) is 5.99. The third kappa shape index (κ3) is 3.79. The Balaban J connectivity index is 1.67. The molecule has 2 N–H and O–H groups in total. The molecule has 0 saturated carbocycles. The van der Waals surface area contributed by atoms with Crippen LogP contribution < -0.4 is 15.4 Å². The Kier molecular flexibility index (Phi) is 4.89. The molecule has 3 rings (SSSR count). The Morgan fingerprint density at radius 2 is 1.79 bits per heavy atom. The van der Waals surface area contributed by atoms with Crippen molar-refractivity contribution < 1.29 is 9.53 Å². The molecule has 2 aromatic carbocycles. The number of carbonyl (C=O) groups is 1. The maximum atomic E-state index is 11.4. The predicted octanol–water partition coefficient (Wildman–Crippen LogP) is 2.52. The van der Waals surface area contributed by atoms with E-state index in [1.807, 2.05) is 53.4 Å². The molecule has 0 aromatic heterocycles. The molecule has 2 aromatic rings. The molecule has 0 bridgehead atoms. The molecule has 24 heavy (non-hydrogen) atoms. The Labute approximate surface area is 142 Å². The van der Waals surface area contributed by atoms with Crippen molar-refractivity contribution in [3.05, 3.63) is 54.1 Å². The first-order valence-corrected chi connectivity index (χ1v) is 8.20. The van der Waals surface area contributed by atoms with Crippen molar-refractivity contribution in [3.8, 4) is 5.75 Å². The van der Waals surface area contributed by atoms with Gasteiger partial charge in [-0.05, 0) is 17.7 Å². The SMILES string of the molecule is CC(=O)N1CCN(c2ccc(N)c(OCc3ccccc3)c2)CC1. The van der Waals surface area contributed by atoms with Crippen LogP contribution in [0.25, 0.3) is 0 Å². The summed E-state index contributed by atoms with van der Waals surface area (Å²) < 4.78 is 5.90. The van der Waals surface area contributed by atoms with E-state index in [0.29, 0.717) is 18.0 Å². The van der Waals surface area contributed by atoms with E-state index in [4.69, 9.17) is 10.5 Å². The number of ether oxygens (including phenoxy) is 1. The van der Waals surface area contributed by atoms with Crippen LogP contribution in [0.2, 0.25) is 0 Å². The number of hydrogen-bond acceptors (Lipinski definition) is 4. The highest BCUT2D eigenvalue weighted by Crippen LogP contribution is 2.29. The highest BCUT2D eigenvalue weighted by Gasteiger charge is 2.19. The van der Waals surface area contributed by atoms with Crippen LogP contribution in [0.3, 0.4) is 0 Å². The Morgan fingerprint density at radius 3 is 2.46 bits per heavy atom. The molecule has 5 heteroatoms. The van der Waals surface area contributed by atoms with Crippen molar-refractivity contribution >= 4 is 17.3 Å². The van der Waals surface area contributed by atoms with Gasteiger partial charge in [-0.2, -0.15) is 0 Å². The van der Waals surface area contributed by atoms with E-state index < -0.39 is 0 Å². The van der Waals surface area contributed by atoms with Crippen LogP contribution >= 0.6 is 0 Å². The van der Waals surface area contributed by atoms with E-state index in [9.17, 15) is 4.79 Å². The van der Waals surface area contributed by atoms with Crippen molar-refractivity contribution in [1.29, 1.82) is 0 Å². The normalized spacial score (nSPS) is 14.5. The summed E-state index contributed by atoms with van der Waals surface area (Å²) in [5, 5.41) is 0. The van der Waals surface area contributed by atoms with Gasteiger partial charge in [-0.25, -0.2) is 0 Å². The summed E-state index contributed by atoms with van der Waals surface area (Å²) >= 11 is 0. The minimum Gasteiger partial charge on any atom is -0.487 e. The number of benzene rings is 2. The smallest absolute Gasteiger partial charge is 0.219 e. The van der Waals surface area contributed by atoms with Crippen molar-refractivity contribution in [2.75, 3.05) is 36.8 Å². The van der Waals surface area contributed by atoms with Gasteiger partial charge in [0, 0.05) is 44.9 Å². The highest BCUT2D eigenvalue weighted by molar-refractivity contribution is 5.73. The maximum absolute atomic E-state index is 11.4. The molecule has 1 amide bonds. The van der Waals surface area contributed by atoms with Crippen molar-refractivity contribution in [2.45, 2.75) is 13.5 Å². The van der Waals surface area contributed by atoms with Gasteiger partial charge in [-0.1, -0.05) is 30.3 Å². The fourth-order valence-corrected chi connectivity index (χ4v) is 2.86. The van der Waals surface area contributed by atoms with Gasteiger partial charge >= 0.3 is 0 Å². The monoisotopic (exact) mass is 325 g/mol. The lowest BCUT2D eigenvalue weighted by molar-refractivity contribution is -0.129. The fraction of sp³-hybridized carbons (Fsp3) is 0.316. The van der Waals surface area contributed by atoms with Crippen LogP contribution in [0.5, 0.6) is 5.75 Å². The lowest BCUT2D eigenvalue weighted by atomic mass is 10.2. The molecule has 5 nitrogen and oxygen atoms in total. The average molecular weight is 325 g/mol. The number of anilines is 2. The number of hydrogen-bond donors (Lipinski definition) is 1. The third-order valence-corrected chi connectivity index (χ3v) is 4.32. The van der Waals surface area contributed by atoms with Gasteiger partial charge in [0.2, 0.25) is 5.91 Å². The number of nitrogens with zero attached hydrogens (tertiary/aromatic N) is 2. The van der Waals surface area contributed by atoms with E-state index in [0.717, 1.165) is 37.4 Å². The van der Waals surface area contributed by atoms with Gasteiger partial charge in [0.1, 0.15) is 12.4 Å². The standard InChI is InChI=1S/C19H23N3O2/c1-15(23)21-9-11-22(12-10-21)17-7-8-18(20)19(13-17)24-14-16-5-3-2-4-6-16/h2-8,13H,9-12,14,20H2,1H3. The van der Waals surface area contributed by atoms with E-state index in [1.54, 1.807) is 6.92 Å². The summed E-state index contributed by atoms with van der Waals surface area (Å²) in [6.07, 6.45) is 0. The highest BCUT2D eigenvalue weighted by atomic mass is 16.5. The van der Waals surface area contributed by atoms with Crippen LogP contribution in [-0.2, 0) is 11.4 Å². The molecular weight excluding hydrogens is 302 g/mol. The van der Waals surface area contributed by atoms with Gasteiger partial charge in [0.15, 0.2) is 0 Å². The van der Waals surface area contributed by atoms with Crippen molar-refractivity contribution in [3.63, 3.8) is 0 Å². The van der Waals surface area contributed by atoms with E-state index in [1.165, 1.54) is 0 Å². The van der Waals surface area contributed by atoms with Crippen LogP contribution in [0.4, 0.5) is 11.4 Å². The number of carbonyl (C=O) groups excluding carboxylic acids is 1. The molecule has 1 heterocycles. The number of amides is 1. The van der Waals surface area contributed by atoms with Crippen molar-refractivity contribution in [2.24, 2.45) is 0 Å². The molecule has 0 spiro atoms. The Hall–Kier alpha value is -2.69. The summed E-state index contributed by atoms with van der Waals surface area (Å²) in [4.78, 5) is 15.6. The fourth-order valence-electron chi connectivity index (χ4n) is 2.86. The summed E-state index contributed by atoms with van der Waals surface area (Å²) in [5.74, 6) is 0.837. The largest absolute Gasteiger partial charge is 0.487 e. The molecular formula is C19H23N3O2. The topological polar surface area (TPSA) is 58.8 Å². The second kappa shape index (κ2) is 7.25. The number of rotatable bonds is 4. The quantitative estimate of drug-likeness (QED) is 0.878. The number of nitrogens with two attached hydrogens (primary N) is 1. The molecule has 0 unspecified atom stereocenters. The Morgan fingerprint density at radius 1 is 1.08 bits per heavy atom. The molecule has 1 aliphatic rings. The number of piperazine rings is 1. The van der Waals surface area contributed by atoms with Gasteiger partial charge in [0.05, 0.1) is 5.69 Å². The first kappa shape index (κ1) is 16.2. The molecule has 1 fully saturated rings. The molecule has 0 aliphatic carbocycles. The second-order valence-electron chi connectivity index (χ2n) is 5.99. The molecule has 126 valence electrons. The van der Waals surface area contributed by atoms with Gasteiger partial charge in [-0.3, -0.25) is 4.79 Å². The minimum atomic E-state index is 0.138. The van der Waals surface area contributed by atoms with Crippen LogP contribution in [0.1, 0.15) is 12.5 Å². The molecule has 1 saturated heterocycles.